The van der Waals surface area contributed by atoms with E-state index in [0.29, 0.717) is 6.42 Å². The highest BCUT2D eigenvalue weighted by Crippen LogP contribution is 2.54. The van der Waals surface area contributed by atoms with Crippen LogP contribution in [0, 0.1) is 11.8 Å². The molecule has 1 aliphatic heterocycles. The molecule has 2 aliphatic carbocycles. The number of nitrogens with one attached hydrogen (secondary N) is 2. The monoisotopic (exact) mass is 486 g/mol. The van der Waals surface area contributed by atoms with E-state index in [4.69, 9.17) is 14.6 Å². The maximum Gasteiger partial charge on any atom is 0.407 e. The Morgan fingerprint density at radius 1 is 1.06 bits per heavy atom. The summed E-state index contributed by atoms with van der Waals surface area (Å²) >= 11 is 0. The summed E-state index contributed by atoms with van der Waals surface area (Å²) in [7, 11) is 0. The van der Waals surface area contributed by atoms with Gasteiger partial charge in [-0.15, -0.1) is 0 Å². The summed E-state index contributed by atoms with van der Waals surface area (Å²) in [5.74, 6) is -9.01. The van der Waals surface area contributed by atoms with Gasteiger partial charge in [0.2, 0.25) is 0 Å². The summed E-state index contributed by atoms with van der Waals surface area (Å²) < 4.78 is 38.0. The molecule has 1 heterocycles. The topological polar surface area (TPSA) is 114 Å². The Kier molecular flexibility index (Phi) is 5.92. The number of carbonyl (C=O) groups excluding carboxylic acids is 2. The molecule has 3 aliphatic rings. The molecule has 1 saturated heterocycles. The largest absolute Gasteiger partial charge is 0.481 e. The molecule has 0 bridgehead atoms. The lowest BCUT2D eigenvalue weighted by Gasteiger charge is -2.20. The van der Waals surface area contributed by atoms with E-state index in [1.54, 1.807) is 0 Å². The number of halogens is 2. The van der Waals surface area contributed by atoms with E-state index < -0.39 is 54.4 Å². The molecular weight excluding hydrogens is 462 g/mol. The van der Waals surface area contributed by atoms with Crippen LogP contribution in [0.2, 0.25) is 0 Å². The summed E-state index contributed by atoms with van der Waals surface area (Å²) in [4.78, 5) is 35.9. The number of amides is 2. The third-order valence-electron chi connectivity index (χ3n) is 6.96. The zero-order valence-corrected chi connectivity index (χ0v) is 18.6. The fourth-order valence-electron chi connectivity index (χ4n) is 5.08. The van der Waals surface area contributed by atoms with Gasteiger partial charge in [0.15, 0.2) is 6.10 Å². The molecule has 10 heteroatoms. The van der Waals surface area contributed by atoms with E-state index in [9.17, 15) is 23.2 Å². The van der Waals surface area contributed by atoms with Gasteiger partial charge < -0.3 is 25.2 Å². The van der Waals surface area contributed by atoms with Gasteiger partial charge >= 0.3 is 12.1 Å². The van der Waals surface area contributed by atoms with E-state index in [1.165, 1.54) is 0 Å². The van der Waals surface area contributed by atoms with Crippen molar-refractivity contribution in [1.29, 1.82) is 0 Å². The lowest BCUT2D eigenvalue weighted by atomic mass is 9.98. The molecule has 1 saturated carbocycles. The van der Waals surface area contributed by atoms with Gasteiger partial charge in [0.1, 0.15) is 12.5 Å². The molecule has 2 aromatic rings. The van der Waals surface area contributed by atoms with Crippen molar-refractivity contribution in [2.45, 2.75) is 30.4 Å². The van der Waals surface area contributed by atoms with Gasteiger partial charge in [0, 0.05) is 19.1 Å². The van der Waals surface area contributed by atoms with Crippen LogP contribution >= 0.6 is 0 Å². The van der Waals surface area contributed by atoms with Crippen LogP contribution in [-0.2, 0) is 19.1 Å². The summed E-state index contributed by atoms with van der Waals surface area (Å²) in [6, 6.07) is 15.2. The Balaban J connectivity index is 1.15. The van der Waals surface area contributed by atoms with Crippen molar-refractivity contribution in [3.05, 3.63) is 59.7 Å². The molecule has 3 N–H and O–H groups in total. The molecule has 8 nitrogen and oxygen atoms in total. The first-order chi connectivity index (χ1) is 16.8. The van der Waals surface area contributed by atoms with Gasteiger partial charge in [-0.3, -0.25) is 9.59 Å². The lowest BCUT2D eigenvalue weighted by molar-refractivity contribution is -0.141. The van der Waals surface area contributed by atoms with Crippen LogP contribution in [0.5, 0.6) is 0 Å². The third-order valence-corrected chi connectivity index (χ3v) is 6.96. The Labute approximate surface area is 199 Å². The summed E-state index contributed by atoms with van der Waals surface area (Å²) in [6.07, 6.45) is -1.44. The van der Waals surface area contributed by atoms with Crippen molar-refractivity contribution in [2.75, 3.05) is 19.8 Å². The van der Waals surface area contributed by atoms with Crippen molar-refractivity contribution >= 4 is 18.0 Å². The normalized spacial score (nSPS) is 25.9. The number of alkyl halides is 2. The molecule has 35 heavy (non-hydrogen) atoms. The van der Waals surface area contributed by atoms with Gasteiger partial charge in [-0.05, 0) is 28.7 Å². The number of carbonyl (C=O) groups is 3. The number of carboxylic acid groups (broad SMARTS) is 1. The Hall–Kier alpha value is -3.53. The number of benzene rings is 2. The predicted molar refractivity (Wildman–Crippen MR) is 119 cm³/mol. The van der Waals surface area contributed by atoms with Crippen LogP contribution in [-0.4, -0.2) is 60.9 Å². The number of alkyl carbamates (subject to hydrolysis) is 1. The zero-order valence-electron chi connectivity index (χ0n) is 18.6. The van der Waals surface area contributed by atoms with E-state index >= 15 is 0 Å². The van der Waals surface area contributed by atoms with E-state index in [-0.39, 0.29) is 19.1 Å². The summed E-state index contributed by atoms with van der Waals surface area (Å²) in [6.45, 7) is -0.179. The highest BCUT2D eigenvalue weighted by atomic mass is 19.3. The number of ether oxygens (including phenoxy) is 2. The summed E-state index contributed by atoms with van der Waals surface area (Å²) in [5.41, 5.74) is 4.34. The zero-order chi connectivity index (χ0) is 24.7. The first kappa shape index (κ1) is 23.2. The molecule has 0 spiro atoms. The second-order valence-corrected chi connectivity index (χ2v) is 9.00. The molecule has 184 valence electrons. The van der Waals surface area contributed by atoms with Crippen LogP contribution in [0.15, 0.2) is 48.5 Å². The van der Waals surface area contributed by atoms with Crippen molar-refractivity contribution < 1.29 is 37.7 Å². The van der Waals surface area contributed by atoms with Crippen molar-refractivity contribution in [1.82, 2.24) is 10.6 Å². The molecule has 2 amide bonds. The Morgan fingerprint density at radius 3 is 2.29 bits per heavy atom. The highest BCUT2D eigenvalue weighted by molar-refractivity contribution is 5.83. The van der Waals surface area contributed by atoms with E-state index in [1.807, 2.05) is 48.5 Å². The van der Waals surface area contributed by atoms with Crippen LogP contribution in [0.4, 0.5) is 13.6 Å². The number of rotatable bonds is 7. The van der Waals surface area contributed by atoms with Gasteiger partial charge in [-0.1, -0.05) is 48.5 Å². The summed E-state index contributed by atoms with van der Waals surface area (Å²) in [5, 5.41) is 13.8. The standard InChI is InChI=1S/C25H24F2N2O6/c26-25(27)18(20(25)23(31)32)11-28-22(30)21-19(9-10-34-21)29-24(33)35-12-17-15-7-3-1-5-13(15)14-6-2-4-8-16(14)17/h1-8,17-21H,9-12H2,(H,28,30)(H,29,33)(H,31,32)/t18-,19-,20-,21+/m0/s1. The lowest BCUT2D eigenvalue weighted by Crippen LogP contribution is -2.49. The quantitative estimate of drug-likeness (QED) is 0.555. The Morgan fingerprint density at radius 2 is 1.69 bits per heavy atom. The van der Waals surface area contributed by atoms with Gasteiger partial charge in [-0.2, -0.15) is 0 Å². The minimum atomic E-state index is -3.35. The van der Waals surface area contributed by atoms with E-state index in [0.717, 1.165) is 22.3 Å². The van der Waals surface area contributed by atoms with Gasteiger partial charge in [0.05, 0.1) is 12.0 Å². The molecule has 5 rings (SSSR count). The van der Waals surface area contributed by atoms with Crippen molar-refractivity contribution in [3.63, 3.8) is 0 Å². The number of carboxylic acids is 1. The Bertz CT molecular complexity index is 1130. The third kappa shape index (κ3) is 4.22. The van der Waals surface area contributed by atoms with Gasteiger partial charge in [0.25, 0.3) is 11.8 Å². The van der Waals surface area contributed by atoms with Crippen LogP contribution in [0.1, 0.15) is 23.5 Å². The average Bonchev–Trinajstić information content (AvgIpc) is 3.13. The SMILES string of the molecule is O=C(N[C@H]1CCO[C@H]1C(=O)NC[C@H]1[C@@H](C(=O)O)C1(F)F)OCC1c2ccccc2-c2ccccc21. The molecule has 2 aromatic carbocycles. The maximum absolute atomic E-state index is 13.5. The number of hydrogen-bond acceptors (Lipinski definition) is 5. The first-order valence-corrected chi connectivity index (χ1v) is 11.4. The number of hydrogen-bond donors (Lipinski definition) is 3. The fourth-order valence-corrected chi connectivity index (χ4v) is 5.08. The van der Waals surface area contributed by atoms with Crippen molar-refractivity contribution in [2.24, 2.45) is 11.8 Å². The predicted octanol–water partition coefficient (Wildman–Crippen LogP) is 2.76. The minimum absolute atomic E-state index is 0.109. The number of fused-ring (bicyclic) bond motifs is 3. The highest BCUT2D eigenvalue weighted by Gasteiger charge is 2.72. The minimum Gasteiger partial charge on any atom is -0.481 e. The second kappa shape index (κ2) is 8.92. The maximum atomic E-state index is 13.5. The van der Waals surface area contributed by atoms with Gasteiger partial charge in [-0.25, -0.2) is 13.6 Å². The molecule has 4 atom stereocenters. The first-order valence-electron chi connectivity index (χ1n) is 11.4. The molecular formula is C25H24F2N2O6. The fraction of sp³-hybridized carbons (Fsp3) is 0.400. The second-order valence-electron chi connectivity index (χ2n) is 9.00. The van der Waals surface area contributed by atoms with Crippen LogP contribution < -0.4 is 10.6 Å². The van der Waals surface area contributed by atoms with Crippen LogP contribution in [0.3, 0.4) is 0 Å². The molecule has 2 fully saturated rings. The number of aliphatic carboxylic acids is 1. The smallest absolute Gasteiger partial charge is 0.407 e. The molecule has 0 radical (unpaired) electrons. The van der Waals surface area contributed by atoms with Crippen LogP contribution in [0.25, 0.3) is 11.1 Å². The average molecular weight is 486 g/mol. The van der Waals surface area contributed by atoms with E-state index in [2.05, 4.69) is 10.6 Å². The van der Waals surface area contributed by atoms with Crippen molar-refractivity contribution in [3.8, 4) is 11.1 Å². The molecule has 0 aromatic heterocycles. The molecule has 0 unspecified atom stereocenters.